The first kappa shape index (κ1) is 17.5. The minimum absolute atomic E-state index is 0.0652. The van der Waals surface area contributed by atoms with Gasteiger partial charge in [0, 0.05) is 45.4 Å². The van der Waals surface area contributed by atoms with Crippen LogP contribution in [0.3, 0.4) is 0 Å². The molecule has 134 valence electrons. The van der Waals surface area contributed by atoms with Gasteiger partial charge in [-0.05, 0) is 30.7 Å². The van der Waals surface area contributed by atoms with Crippen molar-refractivity contribution in [3.8, 4) is 0 Å². The van der Waals surface area contributed by atoms with Gasteiger partial charge in [0.15, 0.2) is 0 Å². The van der Waals surface area contributed by atoms with Crippen molar-refractivity contribution in [2.45, 2.75) is 23.1 Å². The lowest BCUT2D eigenvalue weighted by molar-refractivity contribution is 0.0953. The van der Waals surface area contributed by atoms with E-state index in [9.17, 15) is 4.79 Å². The Morgan fingerprint density at radius 2 is 1.93 bits per heavy atom. The molecule has 4 nitrogen and oxygen atoms in total. The van der Waals surface area contributed by atoms with Crippen LogP contribution < -0.4 is 5.32 Å². The van der Waals surface area contributed by atoms with Gasteiger partial charge in [-0.25, -0.2) is 4.99 Å². The molecular formula is C22H19N3OS. The highest BCUT2D eigenvalue weighted by molar-refractivity contribution is 7.99. The summed E-state index contributed by atoms with van der Waals surface area (Å²) in [6, 6.07) is 17.8. The van der Waals surface area contributed by atoms with Crippen LogP contribution >= 0.6 is 11.8 Å². The molecule has 0 saturated heterocycles. The van der Waals surface area contributed by atoms with Crippen LogP contribution in [0.25, 0.3) is 0 Å². The van der Waals surface area contributed by atoms with Crippen LogP contribution in [0.4, 0.5) is 5.69 Å². The lowest BCUT2D eigenvalue weighted by Crippen LogP contribution is -2.23. The van der Waals surface area contributed by atoms with Crippen LogP contribution in [0.5, 0.6) is 0 Å². The molecule has 0 atom stereocenters. The number of nitrogens with one attached hydrogen (secondary N) is 1. The van der Waals surface area contributed by atoms with Gasteiger partial charge in [-0.3, -0.25) is 9.78 Å². The normalized spacial score (nSPS) is 12.4. The molecule has 0 aliphatic carbocycles. The van der Waals surface area contributed by atoms with Crippen molar-refractivity contribution in [3.63, 3.8) is 0 Å². The van der Waals surface area contributed by atoms with Crippen molar-refractivity contribution < 1.29 is 4.79 Å². The lowest BCUT2D eigenvalue weighted by atomic mass is 10.0. The summed E-state index contributed by atoms with van der Waals surface area (Å²) < 4.78 is 0. The standard InChI is InChI=1S/C22H19N3OS/c1-2-11-24-22(26)16-8-9-20-18(13-16)25-21(15-6-4-3-5-7-15)17-14-23-12-10-19(17)27-20/h3-10,12-14H,2,11H2,1H3,(H,24,26). The minimum atomic E-state index is -0.0652. The highest BCUT2D eigenvalue weighted by Crippen LogP contribution is 2.41. The predicted octanol–water partition coefficient (Wildman–Crippen LogP) is 4.86. The van der Waals surface area contributed by atoms with E-state index in [-0.39, 0.29) is 5.91 Å². The van der Waals surface area contributed by atoms with E-state index in [1.807, 2.05) is 67.7 Å². The first-order valence-corrected chi connectivity index (χ1v) is 9.76. The van der Waals surface area contributed by atoms with Gasteiger partial charge in [-0.15, -0.1) is 0 Å². The van der Waals surface area contributed by atoms with Crippen molar-refractivity contribution >= 4 is 29.1 Å². The summed E-state index contributed by atoms with van der Waals surface area (Å²) in [5.41, 5.74) is 4.33. The van der Waals surface area contributed by atoms with Crippen LogP contribution in [-0.2, 0) is 0 Å². The topological polar surface area (TPSA) is 54.4 Å². The molecular weight excluding hydrogens is 354 g/mol. The van der Waals surface area contributed by atoms with E-state index in [4.69, 9.17) is 4.99 Å². The van der Waals surface area contributed by atoms with E-state index in [2.05, 4.69) is 10.3 Å². The van der Waals surface area contributed by atoms with Crippen molar-refractivity contribution in [1.82, 2.24) is 10.3 Å². The van der Waals surface area contributed by atoms with E-state index in [0.29, 0.717) is 12.1 Å². The predicted molar refractivity (Wildman–Crippen MR) is 109 cm³/mol. The van der Waals surface area contributed by atoms with Crippen molar-refractivity contribution in [2.24, 2.45) is 4.99 Å². The zero-order chi connectivity index (χ0) is 18.6. The fourth-order valence-electron chi connectivity index (χ4n) is 2.94. The van der Waals surface area contributed by atoms with Crippen molar-refractivity contribution in [2.75, 3.05) is 6.54 Å². The summed E-state index contributed by atoms with van der Waals surface area (Å²) in [5.74, 6) is -0.0652. The number of pyridine rings is 1. The Kier molecular flexibility index (Phi) is 5.03. The molecule has 27 heavy (non-hydrogen) atoms. The summed E-state index contributed by atoms with van der Waals surface area (Å²) >= 11 is 1.65. The van der Waals surface area contributed by atoms with Gasteiger partial charge in [-0.2, -0.15) is 0 Å². The van der Waals surface area contributed by atoms with Crippen LogP contribution in [0, 0.1) is 0 Å². The molecule has 0 unspecified atom stereocenters. The molecule has 1 aliphatic rings. The van der Waals surface area contributed by atoms with E-state index >= 15 is 0 Å². The molecule has 1 amide bonds. The molecule has 0 radical (unpaired) electrons. The number of aromatic nitrogens is 1. The largest absolute Gasteiger partial charge is 0.352 e. The van der Waals surface area contributed by atoms with Crippen LogP contribution in [0.1, 0.15) is 34.8 Å². The number of aliphatic imine (C=N–C) groups is 1. The number of amides is 1. The Bertz CT molecular complexity index is 1020. The zero-order valence-electron chi connectivity index (χ0n) is 15.0. The molecule has 0 bridgehead atoms. The maximum atomic E-state index is 12.4. The Morgan fingerprint density at radius 1 is 1.07 bits per heavy atom. The van der Waals surface area contributed by atoms with Gasteiger partial charge in [0.1, 0.15) is 0 Å². The third kappa shape index (κ3) is 3.64. The SMILES string of the molecule is CCCNC(=O)c1ccc2c(c1)N=C(c1ccccc1)c1cnccc1S2. The van der Waals surface area contributed by atoms with Crippen LogP contribution in [0.2, 0.25) is 0 Å². The van der Waals surface area contributed by atoms with Gasteiger partial charge in [0.25, 0.3) is 5.91 Å². The number of carbonyl (C=O) groups is 1. The molecule has 0 saturated carbocycles. The second-order valence-electron chi connectivity index (χ2n) is 6.24. The Morgan fingerprint density at radius 3 is 2.74 bits per heavy atom. The van der Waals surface area contributed by atoms with Gasteiger partial charge in [0.05, 0.1) is 11.4 Å². The third-order valence-electron chi connectivity index (χ3n) is 4.29. The monoisotopic (exact) mass is 373 g/mol. The summed E-state index contributed by atoms with van der Waals surface area (Å²) in [4.78, 5) is 23.8. The first-order chi connectivity index (χ1) is 13.3. The van der Waals surface area contributed by atoms with Gasteiger partial charge in [-0.1, -0.05) is 49.0 Å². The van der Waals surface area contributed by atoms with E-state index in [1.54, 1.807) is 18.0 Å². The summed E-state index contributed by atoms with van der Waals surface area (Å²) in [6.07, 6.45) is 4.56. The minimum Gasteiger partial charge on any atom is -0.352 e. The maximum absolute atomic E-state index is 12.4. The second kappa shape index (κ2) is 7.76. The summed E-state index contributed by atoms with van der Waals surface area (Å²) in [6.45, 7) is 2.70. The van der Waals surface area contributed by atoms with E-state index < -0.39 is 0 Å². The number of fused-ring (bicyclic) bond motifs is 2. The fraction of sp³-hybridized carbons (Fsp3) is 0.136. The highest BCUT2D eigenvalue weighted by Gasteiger charge is 2.20. The van der Waals surface area contributed by atoms with Crippen molar-refractivity contribution in [1.29, 1.82) is 0 Å². The molecule has 3 aromatic rings. The highest BCUT2D eigenvalue weighted by atomic mass is 32.2. The second-order valence-corrected chi connectivity index (χ2v) is 7.32. The molecule has 4 rings (SSSR count). The fourth-order valence-corrected chi connectivity index (χ4v) is 3.91. The molecule has 1 aromatic heterocycles. The van der Waals surface area contributed by atoms with Gasteiger partial charge in [0.2, 0.25) is 0 Å². The average molecular weight is 373 g/mol. The molecule has 1 N–H and O–H groups in total. The Labute approximate surface area is 162 Å². The van der Waals surface area contributed by atoms with Gasteiger partial charge < -0.3 is 5.32 Å². The van der Waals surface area contributed by atoms with E-state index in [1.165, 1.54) is 0 Å². The molecule has 1 aliphatic heterocycles. The van der Waals surface area contributed by atoms with Crippen LogP contribution in [-0.4, -0.2) is 23.1 Å². The molecule has 2 heterocycles. The zero-order valence-corrected chi connectivity index (χ0v) is 15.8. The van der Waals surface area contributed by atoms with E-state index in [0.717, 1.165) is 38.7 Å². The number of rotatable bonds is 4. The molecule has 0 fully saturated rings. The summed E-state index contributed by atoms with van der Waals surface area (Å²) in [5, 5.41) is 2.93. The number of nitrogens with zero attached hydrogens (tertiary/aromatic N) is 2. The number of hydrogen-bond donors (Lipinski definition) is 1. The number of carbonyl (C=O) groups excluding carboxylic acids is 1. The Hall–Kier alpha value is -2.92. The Balaban J connectivity index is 1.84. The van der Waals surface area contributed by atoms with Crippen LogP contribution in [0.15, 0.2) is 81.8 Å². The number of benzene rings is 2. The molecule has 0 spiro atoms. The third-order valence-corrected chi connectivity index (χ3v) is 5.43. The smallest absolute Gasteiger partial charge is 0.251 e. The first-order valence-electron chi connectivity index (χ1n) is 8.95. The maximum Gasteiger partial charge on any atom is 0.251 e. The lowest BCUT2D eigenvalue weighted by Gasteiger charge is -2.08. The molecule has 5 heteroatoms. The van der Waals surface area contributed by atoms with Crippen molar-refractivity contribution in [3.05, 3.63) is 83.7 Å². The number of hydrogen-bond acceptors (Lipinski definition) is 4. The summed E-state index contributed by atoms with van der Waals surface area (Å²) in [7, 11) is 0. The molecule has 2 aromatic carbocycles. The average Bonchev–Trinajstić information content (AvgIpc) is 2.88. The van der Waals surface area contributed by atoms with Gasteiger partial charge >= 0.3 is 0 Å². The quantitative estimate of drug-likeness (QED) is 0.556.